The van der Waals surface area contributed by atoms with Crippen LogP contribution in [-0.4, -0.2) is 22.3 Å². The molecule has 1 spiro atoms. The average molecular weight is 318 g/mol. The van der Waals surface area contributed by atoms with Crippen LogP contribution in [0.3, 0.4) is 0 Å². The molecule has 4 saturated carbocycles. The van der Waals surface area contributed by atoms with Crippen LogP contribution in [0, 0.1) is 34.0 Å². The topological polar surface area (TPSA) is 57.5 Å². The zero-order valence-corrected chi connectivity index (χ0v) is 14.5. The van der Waals surface area contributed by atoms with E-state index in [-0.39, 0.29) is 22.7 Å². The first-order valence-electron chi connectivity index (χ1n) is 9.36. The average Bonchev–Trinajstić information content (AvgIpc) is 2.67. The summed E-state index contributed by atoms with van der Waals surface area (Å²) in [5.41, 5.74) is 0.246. The molecule has 4 fully saturated rings. The summed E-state index contributed by atoms with van der Waals surface area (Å²) >= 11 is 0. The van der Waals surface area contributed by atoms with Crippen molar-refractivity contribution in [1.82, 2.24) is 0 Å². The minimum atomic E-state index is -0.628. The van der Waals surface area contributed by atoms with Gasteiger partial charge in [-0.25, -0.2) is 0 Å². The molecular formula is C20H30O3. The molecule has 4 rings (SSSR count). The van der Waals surface area contributed by atoms with E-state index >= 15 is 0 Å². The Kier molecular flexibility index (Phi) is 3.15. The van der Waals surface area contributed by atoms with E-state index in [1.54, 1.807) is 0 Å². The molecule has 4 aliphatic carbocycles. The number of carbonyl (C=O) groups is 1. The van der Waals surface area contributed by atoms with E-state index in [0.717, 1.165) is 56.9 Å². The van der Waals surface area contributed by atoms with E-state index in [0.29, 0.717) is 5.92 Å². The van der Waals surface area contributed by atoms with Crippen molar-refractivity contribution >= 4 is 5.97 Å². The van der Waals surface area contributed by atoms with Gasteiger partial charge in [-0.3, -0.25) is 4.79 Å². The second-order valence-corrected chi connectivity index (χ2v) is 9.52. The number of aliphatic hydroxyl groups excluding tert-OH is 1. The molecule has 0 saturated heterocycles. The van der Waals surface area contributed by atoms with Gasteiger partial charge >= 0.3 is 5.97 Å². The molecule has 23 heavy (non-hydrogen) atoms. The Morgan fingerprint density at radius 2 is 1.87 bits per heavy atom. The number of hydrogen-bond acceptors (Lipinski definition) is 2. The van der Waals surface area contributed by atoms with Crippen LogP contribution in [0.25, 0.3) is 0 Å². The van der Waals surface area contributed by atoms with E-state index in [9.17, 15) is 15.0 Å². The van der Waals surface area contributed by atoms with Crippen LogP contribution >= 0.6 is 0 Å². The van der Waals surface area contributed by atoms with Gasteiger partial charge in [-0.05, 0) is 73.7 Å². The van der Waals surface area contributed by atoms with Crippen LogP contribution in [0.15, 0.2) is 12.2 Å². The minimum absolute atomic E-state index is 0.0929. The molecule has 6 atom stereocenters. The Balaban J connectivity index is 1.85. The summed E-state index contributed by atoms with van der Waals surface area (Å²) in [6.45, 7) is 8.70. The highest BCUT2D eigenvalue weighted by molar-refractivity contribution is 5.76. The number of fused-ring (bicyclic) bond motifs is 3. The second-order valence-electron chi connectivity index (χ2n) is 9.52. The van der Waals surface area contributed by atoms with E-state index in [4.69, 9.17) is 0 Å². The highest BCUT2D eigenvalue weighted by atomic mass is 16.4. The number of carboxylic acids is 1. The molecule has 0 radical (unpaired) electrons. The fraction of sp³-hybridized carbons (Fsp3) is 0.850. The van der Waals surface area contributed by atoms with Gasteiger partial charge < -0.3 is 10.2 Å². The van der Waals surface area contributed by atoms with Gasteiger partial charge in [0.05, 0.1) is 11.5 Å². The highest BCUT2D eigenvalue weighted by Gasteiger charge is 2.70. The number of aliphatic hydroxyl groups is 1. The largest absolute Gasteiger partial charge is 0.481 e. The van der Waals surface area contributed by atoms with Gasteiger partial charge in [-0.2, -0.15) is 0 Å². The first kappa shape index (κ1) is 15.7. The molecule has 0 aromatic heterocycles. The maximum Gasteiger partial charge on any atom is 0.310 e. The summed E-state index contributed by atoms with van der Waals surface area (Å²) in [6, 6.07) is 0. The van der Waals surface area contributed by atoms with Gasteiger partial charge in [0.25, 0.3) is 0 Å². The van der Waals surface area contributed by atoms with Crippen LogP contribution in [0.5, 0.6) is 0 Å². The van der Waals surface area contributed by atoms with Gasteiger partial charge in [0.15, 0.2) is 0 Å². The summed E-state index contributed by atoms with van der Waals surface area (Å²) in [7, 11) is 0. The standard InChI is InChI=1S/C20H30O3/c1-12-13-5-6-15-19(11-13,16(12)21)10-7-14-18(2,3)8-4-9-20(14,15)17(22)23/h13-16,21H,1,4-11H2,2-3H3,(H,22,23). The lowest BCUT2D eigenvalue weighted by Gasteiger charge is -2.63. The predicted octanol–water partition coefficient (Wildman–Crippen LogP) is 4.01. The lowest BCUT2D eigenvalue weighted by molar-refractivity contribution is -0.202. The number of carboxylic acid groups (broad SMARTS) is 1. The van der Waals surface area contributed by atoms with Gasteiger partial charge in [0.1, 0.15) is 0 Å². The van der Waals surface area contributed by atoms with Gasteiger partial charge in [-0.1, -0.05) is 26.8 Å². The van der Waals surface area contributed by atoms with Crippen molar-refractivity contribution in [2.45, 2.75) is 71.3 Å². The molecule has 3 nitrogen and oxygen atoms in total. The maximum atomic E-state index is 12.6. The number of aliphatic carboxylic acids is 1. The molecular weight excluding hydrogens is 288 g/mol. The van der Waals surface area contributed by atoms with Crippen LogP contribution in [0.2, 0.25) is 0 Å². The fourth-order valence-electron chi connectivity index (χ4n) is 7.52. The third kappa shape index (κ3) is 1.72. The highest BCUT2D eigenvalue weighted by Crippen LogP contribution is 2.72. The van der Waals surface area contributed by atoms with Crippen molar-refractivity contribution in [3.63, 3.8) is 0 Å². The summed E-state index contributed by atoms with van der Waals surface area (Å²) < 4.78 is 0. The first-order valence-corrected chi connectivity index (χ1v) is 9.36. The third-order valence-corrected chi connectivity index (χ3v) is 8.44. The third-order valence-electron chi connectivity index (χ3n) is 8.44. The van der Waals surface area contributed by atoms with Gasteiger partial charge in [0.2, 0.25) is 0 Å². The van der Waals surface area contributed by atoms with E-state index in [1.807, 2.05) is 0 Å². The van der Waals surface area contributed by atoms with Crippen LogP contribution in [0.4, 0.5) is 0 Å². The normalized spacial score (nSPS) is 51.0. The Bertz CT molecular complexity index is 565. The van der Waals surface area contributed by atoms with Crippen LogP contribution < -0.4 is 0 Å². The van der Waals surface area contributed by atoms with Crippen molar-refractivity contribution in [3.05, 3.63) is 12.2 Å². The molecule has 6 unspecified atom stereocenters. The zero-order valence-electron chi connectivity index (χ0n) is 14.5. The van der Waals surface area contributed by atoms with E-state index < -0.39 is 17.5 Å². The summed E-state index contributed by atoms with van der Waals surface area (Å²) in [4.78, 5) is 12.6. The molecule has 2 bridgehead atoms. The molecule has 4 aliphatic rings. The second kappa shape index (κ2) is 4.62. The molecule has 2 N–H and O–H groups in total. The summed E-state index contributed by atoms with van der Waals surface area (Å²) in [5, 5.41) is 21.3. The van der Waals surface area contributed by atoms with E-state index in [2.05, 4.69) is 20.4 Å². The van der Waals surface area contributed by atoms with Crippen molar-refractivity contribution < 1.29 is 15.0 Å². The van der Waals surface area contributed by atoms with Gasteiger partial charge in [0, 0.05) is 5.41 Å². The van der Waals surface area contributed by atoms with Gasteiger partial charge in [-0.15, -0.1) is 0 Å². The van der Waals surface area contributed by atoms with Crippen molar-refractivity contribution in [3.8, 4) is 0 Å². The van der Waals surface area contributed by atoms with Crippen LogP contribution in [0.1, 0.15) is 65.2 Å². The van der Waals surface area contributed by atoms with Crippen molar-refractivity contribution in [1.29, 1.82) is 0 Å². The Morgan fingerprint density at radius 1 is 1.13 bits per heavy atom. The lowest BCUT2D eigenvalue weighted by atomic mass is 9.40. The first-order chi connectivity index (χ1) is 10.8. The zero-order chi connectivity index (χ0) is 16.6. The van der Waals surface area contributed by atoms with Crippen LogP contribution in [-0.2, 0) is 4.79 Å². The summed E-state index contributed by atoms with van der Waals surface area (Å²) in [6.07, 6.45) is 7.33. The molecule has 3 heteroatoms. The van der Waals surface area contributed by atoms with Crippen molar-refractivity contribution in [2.24, 2.45) is 34.0 Å². The molecule has 0 heterocycles. The smallest absolute Gasteiger partial charge is 0.310 e. The molecule has 128 valence electrons. The molecule has 0 aromatic carbocycles. The Labute approximate surface area is 139 Å². The van der Waals surface area contributed by atoms with E-state index in [1.165, 1.54) is 0 Å². The number of hydrogen-bond donors (Lipinski definition) is 2. The fourth-order valence-corrected chi connectivity index (χ4v) is 7.52. The quantitative estimate of drug-likeness (QED) is 0.718. The minimum Gasteiger partial charge on any atom is -0.481 e. The molecule has 0 aliphatic heterocycles. The molecule has 0 amide bonds. The maximum absolute atomic E-state index is 12.6. The monoisotopic (exact) mass is 318 g/mol. The summed E-state index contributed by atoms with van der Waals surface area (Å²) in [5.74, 6) is 0.188. The lowest BCUT2D eigenvalue weighted by Crippen LogP contribution is -2.62. The number of rotatable bonds is 1. The van der Waals surface area contributed by atoms with Crippen molar-refractivity contribution in [2.75, 3.05) is 0 Å². The SMILES string of the molecule is C=C1C2CCC3C(CCC4C(C)(C)CCCC43C(=O)O)(C2)C1O. The Morgan fingerprint density at radius 3 is 2.57 bits per heavy atom. The molecule has 0 aromatic rings. The Hall–Kier alpha value is -0.830. The predicted molar refractivity (Wildman–Crippen MR) is 88.8 cm³/mol.